The molecule has 0 amide bonds. The Morgan fingerprint density at radius 3 is 2.72 bits per heavy atom. The van der Waals surface area contributed by atoms with E-state index in [4.69, 9.17) is 16.3 Å². The smallest absolute Gasteiger partial charge is 0.306 e. The summed E-state index contributed by atoms with van der Waals surface area (Å²) >= 11 is 5.57. The summed E-state index contributed by atoms with van der Waals surface area (Å²) in [6.45, 7) is 2.21. The molecular formula is C13H14ClFO3. The third-order valence-corrected chi connectivity index (χ3v) is 2.57. The van der Waals surface area contributed by atoms with Gasteiger partial charge in [-0.1, -0.05) is 24.6 Å². The van der Waals surface area contributed by atoms with Crippen LogP contribution in [0.15, 0.2) is 18.2 Å². The predicted molar refractivity (Wildman–Crippen MR) is 66.2 cm³/mol. The van der Waals surface area contributed by atoms with Gasteiger partial charge in [-0.2, -0.15) is 0 Å². The quantitative estimate of drug-likeness (QED) is 0.589. The van der Waals surface area contributed by atoms with E-state index >= 15 is 0 Å². The lowest BCUT2D eigenvalue weighted by atomic mass is 10.1. The Bertz CT molecular complexity index is 446. The van der Waals surface area contributed by atoms with Gasteiger partial charge in [-0.15, -0.1) is 0 Å². The third-order valence-electron chi connectivity index (χ3n) is 2.28. The molecule has 3 nitrogen and oxygen atoms in total. The summed E-state index contributed by atoms with van der Waals surface area (Å²) in [6.07, 6.45) is 0.590. The predicted octanol–water partition coefficient (Wildman–Crippen LogP) is 3.40. The highest BCUT2D eigenvalue weighted by atomic mass is 35.5. The molecule has 1 rings (SSSR count). The standard InChI is InChI=1S/C13H14ClFO3/c1-2-8-18-12(17)7-6-11(16)9-4-3-5-10(14)13(9)15/h3-5H,2,6-8H2,1H3. The summed E-state index contributed by atoms with van der Waals surface area (Å²) in [5, 5.41) is -0.102. The van der Waals surface area contributed by atoms with Crippen LogP contribution < -0.4 is 0 Å². The summed E-state index contributed by atoms with van der Waals surface area (Å²) in [5.41, 5.74) is -0.0919. The van der Waals surface area contributed by atoms with Crippen molar-refractivity contribution in [2.75, 3.05) is 6.61 Å². The number of esters is 1. The number of ether oxygens (including phenoxy) is 1. The van der Waals surface area contributed by atoms with Crippen LogP contribution in [-0.2, 0) is 9.53 Å². The van der Waals surface area contributed by atoms with E-state index in [0.717, 1.165) is 6.42 Å². The number of carbonyl (C=O) groups is 2. The van der Waals surface area contributed by atoms with E-state index in [2.05, 4.69) is 0 Å². The van der Waals surface area contributed by atoms with E-state index in [1.54, 1.807) is 0 Å². The number of hydrogen-bond donors (Lipinski definition) is 0. The van der Waals surface area contributed by atoms with Crippen LogP contribution in [0.5, 0.6) is 0 Å². The summed E-state index contributed by atoms with van der Waals surface area (Å²) in [4.78, 5) is 22.9. The molecule has 0 bridgehead atoms. The van der Waals surface area contributed by atoms with E-state index < -0.39 is 17.6 Å². The second-order valence-electron chi connectivity index (χ2n) is 3.75. The highest BCUT2D eigenvalue weighted by Crippen LogP contribution is 2.19. The van der Waals surface area contributed by atoms with Crippen molar-refractivity contribution in [3.63, 3.8) is 0 Å². The van der Waals surface area contributed by atoms with Crippen LogP contribution >= 0.6 is 11.6 Å². The first-order valence-corrected chi connectivity index (χ1v) is 6.07. The maximum absolute atomic E-state index is 13.5. The summed E-state index contributed by atoms with van der Waals surface area (Å²) in [6, 6.07) is 4.21. The van der Waals surface area contributed by atoms with E-state index in [9.17, 15) is 14.0 Å². The molecule has 0 saturated heterocycles. The van der Waals surface area contributed by atoms with Gasteiger partial charge in [0, 0.05) is 6.42 Å². The number of benzene rings is 1. The zero-order chi connectivity index (χ0) is 13.5. The molecule has 0 saturated carbocycles. The summed E-state index contributed by atoms with van der Waals surface area (Å²) < 4.78 is 18.3. The minimum Gasteiger partial charge on any atom is -0.466 e. The number of rotatable bonds is 6. The number of ketones is 1. The van der Waals surface area contributed by atoms with Crippen molar-refractivity contribution in [1.29, 1.82) is 0 Å². The van der Waals surface area contributed by atoms with Gasteiger partial charge in [-0.05, 0) is 18.6 Å². The van der Waals surface area contributed by atoms with E-state index in [1.807, 2.05) is 6.92 Å². The molecule has 5 heteroatoms. The molecule has 0 aliphatic heterocycles. The maximum atomic E-state index is 13.5. The lowest BCUT2D eigenvalue weighted by Crippen LogP contribution is -2.09. The monoisotopic (exact) mass is 272 g/mol. The first kappa shape index (κ1) is 14.6. The van der Waals surface area contributed by atoms with Crippen molar-refractivity contribution in [3.8, 4) is 0 Å². The minimum absolute atomic E-state index is 0.0508. The van der Waals surface area contributed by atoms with Crippen molar-refractivity contribution in [1.82, 2.24) is 0 Å². The van der Waals surface area contributed by atoms with Gasteiger partial charge in [-0.3, -0.25) is 9.59 Å². The zero-order valence-corrected chi connectivity index (χ0v) is 10.8. The number of Topliss-reactive ketones (excluding diaryl/α,β-unsaturated/α-hetero) is 1. The Hall–Kier alpha value is -1.42. The van der Waals surface area contributed by atoms with Crippen molar-refractivity contribution < 1.29 is 18.7 Å². The van der Waals surface area contributed by atoms with Gasteiger partial charge >= 0.3 is 5.97 Å². The summed E-state index contributed by atoms with van der Waals surface area (Å²) in [5.74, 6) is -1.65. The topological polar surface area (TPSA) is 43.4 Å². The van der Waals surface area contributed by atoms with Gasteiger partial charge in [0.25, 0.3) is 0 Å². The zero-order valence-electron chi connectivity index (χ0n) is 10.0. The molecule has 0 aromatic heterocycles. The molecule has 1 aromatic rings. The maximum Gasteiger partial charge on any atom is 0.306 e. The average Bonchev–Trinajstić information content (AvgIpc) is 2.36. The Morgan fingerprint density at radius 2 is 2.06 bits per heavy atom. The van der Waals surface area contributed by atoms with Crippen LogP contribution in [0.1, 0.15) is 36.5 Å². The Balaban J connectivity index is 2.55. The van der Waals surface area contributed by atoms with Gasteiger partial charge in [0.15, 0.2) is 11.6 Å². The summed E-state index contributed by atoms with van der Waals surface area (Å²) in [7, 11) is 0. The molecule has 0 spiro atoms. The fraction of sp³-hybridized carbons (Fsp3) is 0.385. The lowest BCUT2D eigenvalue weighted by molar-refractivity contribution is -0.143. The molecule has 0 atom stereocenters. The number of halogens is 2. The fourth-order valence-electron chi connectivity index (χ4n) is 1.36. The molecule has 1 aromatic carbocycles. The van der Waals surface area contributed by atoms with Gasteiger partial charge in [0.2, 0.25) is 0 Å². The SMILES string of the molecule is CCCOC(=O)CCC(=O)c1cccc(Cl)c1F. The van der Waals surface area contributed by atoms with Gasteiger partial charge in [0.05, 0.1) is 23.6 Å². The van der Waals surface area contributed by atoms with Crippen molar-refractivity contribution in [2.45, 2.75) is 26.2 Å². The highest BCUT2D eigenvalue weighted by molar-refractivity contribution is 6.31. The largest absolute Gasteiger partial charge is 0.466 e. The molecule has 0 heterocycles. The molecule has 18 heavy (non-hydrogen) atoms. The Morgan fingerprint density at radius 1 is 1.33 bits per heavy atom. The van der Waals surface area contributed by atoms with Crippen LogP contribution in [0.4, 0.5) is 4.39 Å². The average molecular weight is 273 g/mol. The van der Waals surface area contributed by atoms with E-state index in [0.29, 0.717) is 6.61 Å². The van der Waals surface area contributed by atoms with Crippen molar-refractivity contribution >= 4 is 23.4 Å². The number of carbonyl (C=O) groups excluding carboxylic acids is 2. The third kappa shape index (κ3) is 4.11. The van der Waals surface area contributed by atoms with Crippen LogP contribution in [0.2, 0.25) is 5.02 Å². The van der Waals surface area contributed by atoms with E-state index in [-0.39, 0.29) is 23.4 Å². The molecule has 0 radical (unpaired) electrons. The first-order chi connectivity index (χ1) is 8.56. The van der Waals surface area contributed by atoms with Crippen LogP contribution in [0.3, 0.4) is 0 Å². The van der Waals surface area contributed by atoms with E-state index in [1.165, 1.54) is 18.2 Å². The first-order valence-electron chi connectivity index (χ1n) is 5.69. The van der Waals surface area contributed by atoms with Crippen molar-refractivity contribution in [3.05, 3.63) is 34.6 Å². The van der Waals surface area contributed by atoms with Gasteiger partial charge < -0.3 is 4.74 Å². The molecule has 98 valence electrons. The molecule has 0 fully saturated rings. The normalized spacial score (nSPS) is 10.2. The number of hydrogen-bond acceptors (Lipinski definition) is 3. The fourth-order valence-corrected chi connectivity index (χ4v) is 1.53. The molecule has 0 aliphatic carbocycles. The van der Waals surface area contributed by atoms with Gasteiger partial charge in [-0.25, -0.2) is 4.39 Å². The molecule has 0 aliphatic rings. The molecule has 0 N–H and O–H groups in total. The second-order valence-corrected chi connectivity index (χ2v) is 4.15. The van der Waals surface area contributed by atoms with Gasteiger partial charge in [0.1, 0.15) is 0 Å². The second kappa shape index (κ2) is 7.11. The lowest BCUT2D eigenvalue weighted by Gasteiger charge is -2.04. The van der Waals surface area contributed by atoms with Crippen LogP contribution in [-0.4, -0.2) is 18.4 Å². The Kier molecular flexibility index (Phi) is 5.78. The van der Waals surface area contributed by atoms with Crippen molar-refractivity contribution in [2.24, 2.45) is 0 Å². The molecular weight excluding hydrogens is 259 g/mol. The minimum atomic E-state index is -0.744. The Labute approximate surface area is 110 Å². The molecule has 0 unspecified atom stereocenters. The highest BCUT2D eigenvalue weighted by Gasteiger charge is 2.15. The van der Waals surface area contributed by atoms with Crippen LogP contribution in [0.25, 0.3) is 0 Å². The van der Waals surface area contributed by atoms with Crippen LogP contribution in [0, 0.1) is 5.82 Å².